The van der Waals surface area contributed by atoms with Crippen LogP contribution in [0.1, 0.15) is 55.3 Å². The molecule has 0 unspecified atom stereocenters. The lowest BCUT2D eigenvalue weighted by Crippen LogP contribution is -2.36. The van der Waals surface area contributed by atoms with Gasteiger partial charge in [-0.05, 0) is 50.4 Å². The fourth-order valence-electron chi connectivity index (χ4n) is 3.34. The zero-order chi connectivity index (χ0) is 20.4. The average Bonchev–Trinajstić information content (AvgIpc) is 2.66. The predicted molar refractivity (Wildman–Crippen MR) is 112 cm³/mol. The summed E-state index contributed by atoms with van der Waals surface area (Å²) in [5.74, 6) is -0.341. The van der Waals surface area contributed by atoms with Crippen LogP contribution >= 0.6 is 11.6 Å². The Hall–Kier alpha value is -1.19. The van der Waals surface area contributed by atoms with Gasteiger partial charge >= 0.3 is 0 Å². The molecule has 1 saturated carbocycles. The van der Waals surface area contributed by atoms with Crippen molar-refractivity contribution in [2.45, 2.75) is 55.9 Å². The van der Waals surface area contributed by atoms with E-state index in [4.69, 9.17) is 16.7 Å². The van der Waals surface area contributed by atoms with Gasteiger partial charge in [0.2, 0.25) is 10.0 Å². The van der Waals surface area contributed by atoms with Crippen LogP contribution < -0.4 is 21.1 Å². The molecule has 1 aliphatic rings. The number of halogens is 1. The van der Waals surface area contributed by atoms with Gasteiger partial charge in [-0.1, -0.05) is 30.9 Å². The van der Waals surface area contributed by atoms with Crippen molar-refractivity contribution in [3.8, 4) is 0 Å². The van der Waals surface area contributed by atoms with Gasteiger partial charge < -0.3 is 16.0 Å². The molecule has 0 spiro atoms. The van der Waals surface area contributed by atoms with Crippen molar-refractivity contribution in [2.24, 2.45) is 5.14 Å². The van der Waals surface area contributed by atoms with E-state index >= 15 is 0 Å². The lowest BCUT2D eigenvalue weighted by molar-refractivity contribution is 0.0953. The number of unbranched alkanes of at least 4 members (excludes halogenated alkanes) is 1. The molecule has 0 heterocycles. The van der Waals surface area contributed by atoms with E-state index in [1.807, 2.05) is 0 Å². The summed E-state index contributed by atoms with van der Waals surface area (Å²) in [5.41, 5.74) is 0.223. The van der Waals surface area contributed by atoms with Gasteiger partial charge in [-0.2, -0.15) is 0 Å². The molecular weight excluding hydrogens is 400 g/mol. The number of nitrogens with one attached hydrogen (secondary N) is 3. The molecule has 28 heavy (non-hydrogen) atoms. The number of sulfonamides is 1. The first-order valence-corrected chi connectivity index (χ1v) is 11.8. The highest BCUT2D eigenvalue weighted by atomic mass is 35.5. The van der Waals surface area contributed by atoms with Gasteiger partial charge in [0.15, 0.2) is 0 Å². The molecule has 7 nitrogen and oxygen atoms in total. The second-order valence-corrected chi connectivity index (χ2v) is 9.13. The fourth-order valence-corrected chi connectivity index (χ4v) is 4.41. The number of rotatable bonds is 11. The van der Waals surface area contributed by atoms with Crippen molar-refractivity contribution in [2.75, 3.05) is 26.2 Å². The number of hydrogen-bond acceptors (Lipinski definition) is 5. The van der Waals surface area contributed by atoms with Crippen molar-refractivity contribution in [1.29, 1.82) is 0 Å². The van der Waals surface area contributed by atoms with E-state index in [9.17, 15) is 13.2 Å². The van der Waals surface area contributed by atoms with Crippen LogP contribution in [-0.4, -0.2) is 46.5 Å². The van der Waals surface area contributed by atoms with Crippen LogP contribution in [0.25, 0.3) is 0 Å². The highest BCUT2D eigenvalue weighted by Gasteiger charge is 2.16. The molecular formula is C19H31ClN4O3S. The molecule has 9 heteroatoms. The number of carbonyl (C=O) groups is 1. The Labute approximate surface area is 172 Å². The summed E-state index contributed by atoms with van der Waals surface area (Å²) in [5, 5.41) is 14.9. The number of carbonyl (C=O) groups excluding carboxylic acids is 1. The Morgan fingerprint density at radius 1 is 1.07 bits per heavy atom. The third-order valence-electron chi connectivity index (χ3n) is 4.91. The minimum Gasteiger partial charge on any atom is -0.352 e. The summed E-state index contributed by atoms with van der Waals surface area (Å²) in [7, 11) is -3.96. The molecule has 1 aromatic carbocycles. The first kappa shape index (κ1) is 23.1. The van der Waals surface area contributed by atoms with Crippen LogP contribution in [0.15, 0.2) is 23.1 Å². The topological polar surface area (TPSA) is 113 Å². The Balaban J connectivity index is 1.56. The largest absolute Gasteiger partial charge is 0.352 e. The molecule has 0 aliphatic heterocycles. The van der Waals surface area contributed by atoms with Gasteiger partial charge in [0, 0.05) is 31.2 Å². The zero-order valence-electron chi connectivity index (χ0n) is 16.2. The van der Waals surface area contributed by atoms with Gasteiger partial charge in [0.05, 0.1) is 5.02 Å². The first-order chi connectivity index (χ1) is 13.4. The molecule has 0 radical (unpaired) electrons. The van der Waals surface area contributed by atoms with E-state index < -0.39 is 10.0 Å². The van der Waals surface area contributed by atoms with Crippen molar-refractivity contribution in [3.05, 3.63) is 28.8 Å². The molecule has 5 N–H and O–H groups in total. The highest BCUT2D eigenvalue weighted by molar-refractivity contribution is 7.89. The minimum absolute atomic E-state index is 0.00287. The van der Waals surface area contributed by atoms with E-state index in [2.05, 4.69) is 16.0 Å². The summed E-state index contributed by atoms with van der Waals surface area (Å²) in [4.78, 5) is 11.9. The molecule has 1 aliphatic carbocycles. The van der Waals surface area contributed by atoms with Crippen LogP contribution in [0.2, 0.25) is 5.02 Å². The molecule has 2 rings (SSSR count). The number of amides is 1. The lowest BCUT2D eigenvalue weighted by atomic mass is 9.95. The quantitative estimate of drug-likeness (QED) is 0.401. The van der Waals surface area contributed by atoms with Gasteiger partial charge in [-0.3, -0.25) is 4.79 Å². The van der Waals surface area contributed by atoms with Gasteiger partial charge in [-0.25, -0.2) is 13.6 Å². The lowest BCUT2D eigenvalue weighted by Gasteiger charge is -2.22. The average molecular weight is 431 g/mol. The molecule has 1 aromatic rings. The Kier molecular flexibility index (Phi) is 9.67. The Bertz CT molecular complexity index is 737. The number of hydrogen-bond donors (Lipinski definition) is 4. The van der Waals surface area contributed by atoms with Crippen LogP contribution in [0.3, 0.4) is 0 Å². The second-order valence-electron chi connectivity index (χ2n) is 7.19. The third-order valence-corrected chi connectivity index (χ3v) is 6.30. The van der Waals surface area contributed by atoms with Crippen molar-refractivity contribution >= 4 is 27.5 Å². The van der Waals surface area contributed by atoms with E-state index in [-0.39, 0.29) is 21.4 Å². The van der Waals surface area contributed by atoms with Crippen LogP contribution in [0, 0.1) is 0 Å². The van der Waals surface area contributed by atoms with Crippen LogP contribution in [0.5, 0.6) is 0 Å². The van der Waals surface area contributed by atoms with Gasteiger partial charge in [0.25, 0.3) is 5.91 Å². The molecule has 0 saturated heterocycles. The second kappa shape index (κ2) is 11.7. The number of primary sulfonamides is 1. The summed E-state index contributed by atoms with van der Waals surface area (Å²) in [6.45, 7) is 3.36. The van der Waals surface area contributed by atoms with Crippen LogP contribution in [0.4, 0.5) is 0 Å². The fraction of sp³-hybridized carbons (Fsp3) is 0.632. The smallest absolute Gasteiger partial charge is 0.251 e. The SMILES string of the molecule is NS(=O)(=O)c1cc(C(=O)NCCCCNCCNC2CCCCC2)ccc1Cl. The maximum absolute atomic E-state index is 12.1. The summed E-state index contributed by atoms with van der Waals surface area (Å²) in [6.07, 6.45) is 8.44. The Morgan fingerprint density at radius 3 is 2.50 bits per heavy atom. The molecule has 0 aromatic heterocycles. The predicted octanol–water partition coefficient (Wildman–Crippen LogP) is 2.01. The summed E-state index contributed by atoms with van der Waals surface area (Å²) >= 11 is 5.82. The summed E-state index contributed by atoms with van der Waals surface area (Å²) in [6, 6.07) is 4.73. The van der Waals surface area contributed by atoms with Crippen molar-refractivity contribution < 1.29 is 13.2 Å². The maximum atomic E-state index is 12.1. The number of benzene rings is 1. The van der Waals surface area contributed by atoms with E-state index in [1.165, 1.54) is 50.3 Å². The third kappa shape index (κ3) is 8.05. The van der Waals surface area contributed by atoms with Crippen LogP contribution in [-0.2, 0) is 10.0 Å². The molecule has 0 atom stereocenters. The zero-order valence-corrected chi connectivity index (χ0v) is 17.7. The monoisotopic (exact) mass is 430 g/mol. The van der Waals surface area contributed by atoms with Crippen molar-refractivity contribution in [3.63, 3.8) is 0 Å². The molecule has 1 fully saturated rings. The molecule has 0 bridgehead atoms. The van der Waals surface area contributed by atoms with E-state index in [0.717, 1.165) is 32.5 Å². The maximum Gasteiger partial charge on any atom is 0.251 e. The van der Waals surface area contributed by atoms with E-state index in [0.29, 0.717) is 12.6 Å². The summed E-state index contributed by atoms with van der Waals surface area (Å²) < 4.78 is 23.0. The normalized spacial score (nSPS) is 15.5. The van der Waals surface area contributed by atoms with Gasteiger partial charge in [0.1, 0.15) is 4.90 Å². The standard InChI is InChI=1S/C19H31ClN4O3S/c20-17-9-8-15(14-18(17)28(21,26)27)19(25)24-11-5-4-10-22-12-13-23-16-6-2-1-3-7-16/h8-9,14,16,22-23H,1-7,10-13H2,(H,24,25)(H2,21,26,27). The van der Waals surface area contributed by atoms with E-state index in [1.54, 1.807) is 0 Å². The molecule has 1 amide bonds. The highest BCUT2D eigenvalue weighted by Crippen LogP contribution is 2.21. The van der Waals surface area contributed by atoms with Gasteiger partial charge in [-0.15, -0.1) is 0 Å². The number of nitrogens with two attached hydrogens (primary N) is 1. The Morgan fingerprint density at radius 2 is 1.79 bits per heavy atom. The minimum atomic E-state index is -3.96. The van der Waals surface area contributed by atoms with Crippen molar-refractivity contribution in [1.82, 2.24) is 16.0 Å². The first-order valence-electron chi connectivity index (χ1n) is 9.92. The molecule has 158 valence electrons.